The zero-order valence-electron chi connectivity index (χ0n) is 15.5. The molecule has 2 heteroatoms. The SMILES string of the molecule is C=CCC1(O)[C@H](C)[C@H](c2ccccc2)[NH+](C)[C@H](c2ccccc2)[C@@H]1C. The van der Waals surface area contributed by atoms with E-state index in [2.05, 4.69) is 88.1 Å². The highest BCUT2D eigenvalue weighted by Gasteiger charge is 2.56. The first kappa shape index (κ1) is 17.9. The van der Waals surface area contributed by atoms with Gasteiger partial charge in [-0.05, 0) is 6.42 Å². The highest BCUT2D eigenvalue weighted by molar-refractivity contribution is 5.24. The first-order valence-corrected chi connectivity index (χ1v) is 9.27. The van der Waals surface area contributed by atoms with Gasteiger partial charge in [0.25, 0.3) is 0 Å². The van der Waals surface area contributed by atoms with Crippen LogP contribution in [0.15, 0.2) is 73.3 Å². The van der Waals surface area contributed by atoms with Gasteiger partial charge in [0.2, 0.25) is 0 Å². The molecule has 1 fully saturated rings. The van der Waals surface area contributed by atoms with Gasteiger partial charge in [0, 0.05) is 23.0 Å². The molecule has 132 valence electrons. The predicted molar refractivity (Wildman–Crippen MR) is 103 cm³/mol. The van der Waals surface area contributed by atoms with Gasteiger partial charge in [-0.15, -0.1) is 6.58 Å². The molecule has 1 aliphatic heterocycles. The van der Waals surface area contributed by atoms with Crippen LogP contribution in [0, 0.1) is 11.8 Å². The smallest absolute Gasteiger partial charge is 0.119 e. The van der Waals surface area contributed by atoms with Gasteiger partial charge in [0.1, 0.15) is 12.1 Å². The molecule has 1 saturated heterocycles. The second kappa shape index (κ2) is 7.15. The van der Waals surface area contributed by atoms with Gasteiger partial charge < -0.3 is 10.0 Å². The normalized spacial score (nSPS) is 35.3. The van der Waals surface area contributed by atoms with Gasteiger partial charge in [-0.3, -0.25) is 0 Å². The van der Waals surface area contributed by atoms with E-state index in [4.69, 9.17) is 0 Å². The third kappa shape index (κ3) is 3.05. The molecule has 2 nitrogen and oxygen atoms in total. The molecule has 3 rings (SSSR count). The maximum absolute atomic E-state index is 11.7. The van der Waals surface area contributed by atoms with Crippen molar-refractivity contribution in [1.82, 2.24) is 0 Å². The van der Waals surface area contributed by atoms with Gasteiger partial charge in [-0.1, -0.05) is 80.6 Å². The highest BCUT2D eigenvalue weighted by Crippen LogP contribution is 2.45. The van der Waals surface area contributed by atoms with E-state index in [1.807, 2.05) is 6.08 Å². The van der Waals surface area contributed by atoms with Gasteiger partial charge in [0.15, 0.2) is 0 Å². The second-order valence-corrected chi connectivity index (χ2v) is 7.58. The summed E-state index contributed by atoms with van der Waals surface area (Å²) in [5.41, 5.74) is 1.83. The number of piperidine rings is 1. The summed E-state index contributed by atoms with van der Waals surface area (Å²) in [7, 11) is 2.27. The van der Waals surface area contributed by atoms with Crippen molar-refractivity contribution in [3.05, 3.63) is 84.4 Å². The van der Waals surface area contributed by atoms with E-state index in [-0.39, 0.29) is 23.9 Å². The van der Waals surface area contributed by atoms with E-state index >= 15 is 0 Å². The molecular formula is C23H30NO+. The summed E-state index contributed by atoms with van der Waals surface area (Å²) >= 11 is 0. The number of hydrogen-bond donors (Lipinski definition) is 2. The molecule has 1 heterocycles. The monoisotopic (exact) mass is 336 g/mol. The first-order valence-electron chi connectivity index (χ1n) is 9.27. The fraction of sp³-hybridized carbons (Fsp3) is 0.391. The van der Waals surface area contributed by atoms with Crippen LogP contribution in [-0.4, -0.2) is 17.8 Å². The Hall–Kier alpha value is -1.90. The molecule has 0 radical (unpaired) electrons. The average Bonchev–Trinajstić information content (AvgIpc) is 2.63. The summed E-state index contributed by atoms with van der Waals surface area (Å²) in [6, 6.07) is 21.7. The minimum atomic E-state index is -0.762. The van der Waals surface area contributed by atoms with Gasteiger partial charge in [-0.2, -0.15) is 0 Å². The fourth-order valence-corrected chi connectivity index (χ4v) is 5.00. The minimum Gasteiger partial charge on any atom is -0.388 e. The van der Waals surface area contributed by atoms with Crippen molar-refractivity contribution in [2.24, 2.45) is 11.8 Å². The Bertz CT molecular complexity index is 643. The van der Waals surface area contributed by atoms with E-state index in [0.29, 0.717) is 6.42 Å². The molecule has 1 aliphatic rings. The van der Waals surface area contributed by atoms with Gasteiger partial charge in [-0.25, -0.2) is 0 Å². The van der Waals surface area contributed by atoms with Gasteiger partial charge in [0.05, 0.1) is 12.6 Å². The van der Waals surface area contributed by atoms with Crippen LogP contribution >= 0.6 is 0 Å². The maximum Gasteiger partial charge on any atom is 0.119 e. The number of nitrogens with one attached hydrogen (secondary N) is 1. The van der Waals surface area contributed by atoms with Crippen LogP contribution in [0.5, 0.6) is 0 Å². The molecule has 0 bridgehead atoms. The number of aliphatic hydroxyl groups is 1. The van der Waals surface area contributed by atoms with Crippen LogP contribution in [0.4, 0.5) is 0 Å². The van der Waals surface area contributed by atoms with Crippen molar-refractivity contribution in [3.8, 4) is 0 Å². The number of hydrogen-bond acceptors (Lipinski definition) is 1. The fourth-order valence-electron chi connectivity index (χ4n) is 5.00. The maximum atomic E-state index is 11.7. The van der Waals surface area contributed by atoms with E-state index < -0.39 is 5.60 Å². The number of quaternary nitrogens is 1. The molecule has 0 amide bonds. The van der Waals surface area contributed by atoms with Crippen molar-refractivity contribution in [2.45, 2.75) is 38.0 Å². The largest absolute Gasteiger partial charge is 0.388 e. The lowest BCUT2D eigenvalue weighted by atomic mass is 9.64. The summed E-state index contributed by atoms with van der Waals surface area (Å²) in [6.45, 7) is 8.31. The van der Waals surface area contributed by atoms with E-state index in [9.17, 15) is 5.11 Å². The molecule has 0 aliphatic carbocycles. The summed E-state index contributed by atoms with van der Waals surface area (Å²) < 4.78 is 0. The molecule has 6 atom stereocenters. The molecular weight excluding hydrogens is 306 g/mol. The van der Waals surface area contributed by atoms with Crippen molar-refractivity contribution >= 4 is 0 Å². The van der Waals surface area contributed by atoms with Crippen molar-refractivity contribution in [1.29, 1.82) is 0 Å². The Labute approximate surface area is 151 Å². The molecule has 2 aromatic rings. The zero-order chi connectivity index (χ0) is 18.0. The summed E-state index contributed by atoms with van der Waals surface area (Å²) in [6.07, 6.45) is 2.49. The Balaban J connectivity index is 2.11. The molecule has 0 saturated carbocycles. The molecule has 2 unspecified atom stereocenters. The minimum absolute atomic E-state index is 0.142. The standard InChI is InChI=1S/C23H29NO/c1-5-16-23(25)17(2)21(19-12-8-6-9-13-19)24(4)22(18(23)3)20-14-10-7-11-15-20/h5-15,17-18,21-22,25H,1,16H2,2-4H3/p+1/t17-,18+,21-,22+,23?. The lowest BCUT2D eigenvalue weighted by Crippen LogP contribution is -3.13. The topological polar surface area (TPSA) is 24.7 Å². The summed E-state index contributed by atoms with van der Waals surface area (Å²) in [5, 5.41) is 11.7. The number of benzene rings is 2. The van der Waals surface area contributed by atoms with Crippen molar-refractivity contribution < 1.29 is 10.0 Å². The molecule has 25 heavy (non-hydrogen) atoms. The van der Waals surface area contributed by atoms with Crippen molar-refractivity contribution in [2.75, 3.05) is 7.05 Å². The lowest BCUT2D eigenvalue weighted by molar-refractivity contribution is -0.961. The molecule has 0 aromatic heterocycles. The Morgan fingerprint density at radius 1 is 0.920 bits per heavy atom. The van der Waals surface area contributed by atoms with Crippen LogP contribution in [-0.2, 0) is 0 Å². The molecule has 2 aromatic carbocycles. The molecule has 2 N–H and O–H groups in total. The zero-order valence-corrected chi connectivity index (χ0v) is 15.5. The van der Waals surface area contributed by atoms with E-state index in [0.717, 1.165) is 0 Å². The second-order valence-electron chi connectivity index (χ2n) is 7.58. The number of rotatable bonds is 4. The van der Waals surface area contributed by atoms with Crippen molar-refractivity contribution in [3.63, 3.8) is 0 Å². The average molecular weight is 336 g/mol. The highest BCUT2D eigenvalue weighted by atomic mass is 16.3. The molecule has 0 spiro atoms. The van der Waals surface area contributed by atoms with Crippen LogP contribution in [0.1, 0.15) is 43.5 Å². The van der Waals surface area contributed by atoms with Crippen LogP contribution < -0.4 is 4.90 Å². The van der Waals surface area contributed by atoms with Crippen LogP contribution in [0.2, 0.25) is 0 Å². The lowest BCUT2D eigenvalue weighted by Gasteiger charge is -2.53. The first-order chi connectivity index (χ1) is 12.0. The van der Waals surface area contributed by atoms with E-state index in [1.54, 1.807) is 0 Å². The third-order valence-electron chi connectivity index (χ3n) is 6.35. The summed E-state index contributed by atoms with van der Waals surface area (Å²) in [5.74, 6) is 0.283. The Morgan fingerprint density at radius 2 is 1.32 bits per heavy atom. The Kier molecular flexibility index (Phi) is 5.12. The predicted octanol–water partition coefficient (Wildman–Crippen LogP) is 3.58. The van der Waals surface area contributed by atoms with Crippen LogP contribution in [0.25, 0.3) is 0 Å². The summed E-state index contributed by atoms with van der Waals surface area (Å²) in [4.78, 5) is 1.45. The quantitative estimate of drug-likeness (QED) is 0.820. The van der Waals surface area contributed by atoms with Gasteiger partial charge >= 0.3 is 0 Å². The van der Waals surface area contributed by atoms with E-state index in [1.165, 1.54) is 16.0 Å². The van der Waals surface area contributed by atoms with Crippen LogP contribution in [0.3, 0.4) is 0 Å². The number of likely N-dealkylation sites (tertiary alicyclic amines) is 1. The third-order valence-corrected chi connectivity index (χ3v) is 6.35. The Morgan fingerprint density at radius 3 is 1.68 bits per heavy atom.